The molecule has 5 N–H and O–H groups in total. The number of nitrogens with one attached hydrogen (secondary N) is 1. The Hall–Kier alpha value is -1.14. The molecule has 1 unspecified atom stereocenters. The maximum Gasteiger partial charge on any atom is 0.318 e. The SMILES string of the molecule is CC(C(=O)NC(N)=O)N1CCC(CN)CC1. The van der Waals surface area contributed by atoms with Crippen LogP contribution >= 0.6 is 0 Å². The van der Waals surface area contributed by atoms with E-state index in [1.165, 1.54) is 0 Å². The van der Waals surface area contributed by atoms with Crippen molar-refractivity contribution >= 4 is 11.9 Å². The van der Waals surface area contributed by atoms with Crippen LogP contribution in [0.4, 0.5) is 4.79 Å². The number of urea groups is 1. The Morgan fingerprint density at radius 3 is 2.44 bits per heavy atom. The van der Waals surface area contributed by atoms with E-state index in [9.17, 15) is 9.59 Å². The van der Waals surface area contributed by atoms with E-state index in [2.05, 4.69) is 5.32 Å². The number of imide groups is 1. The van der Waals surface area contributed by atoms with E-state index in [-0.39, 0.29) is 11.9 Å². The van der Waals surface area contributed by atoms with Crippen molar-refractivity contribution < 1.29 is 9.59 Å². The second kappa shape index (κ2) is 5.81. The van der Waals surface area contributed by atoms with Crippen molar-refractivity contribution in [3.63, 3.8) is 0 Å². The van der Waals surface area contributed by atoms with Gasteiger partial charge >= 0.3 is 6.03 Å². The van der Waals surface area contributed by atoms with E-state index < -0.39 is 6.03 Å². The van der Waals surface area contributed by atoms with Crippen molar-refractivity contribution in [3.8, 4) is 0 Å². The Kier molecular flexibility index (Phi) is 4.70. The minimum Gasteiger partial charge on any atom is -0.351 e. The molecule has 1 atom stereocenters. The van der Waals surface area contributed by atoms with Crippen LogP contribution in [0, 0.1) is 5.92 Å². The number of rotatable bonds is 3. The Bertz CT molecular complexity index is 262. The predicted molar refractivity (Wildman–Crippen MR) is 60.5 cm³/mol. The largest absolute Gasteiger partial charge is 0.351 e. The number of carbonyl (C=O) groups is 2. The number of hydrogen-bond acceptors (Lipinski definition) is 4. The molecule has 92 valence electrons. The van der Waals surface area contributed by atoms with Gasteiger partial charge in [0.15, 0.2) is 0 Å². The van der Waals surface area contributed by atoms with Gasteiger partial charge in [-0.1, -0.05) is 0 Å². The molecule has 1 fully saturated rings. The van der Waals surface area contributed by atoms with Crippen LogP contribution in [0.25, 0.3) is 0 Å². The summed E-state index contributed by atoms with van der Waals surface area (Å²) in [6, 6.07) is -1.11. The molecule has 1 saturated heterocycles. The summed E-state index contributed by atoms with van der Waals surface area (Å²) in [6.07, 6.45) is 2.01. The van der Waals surface area contributed by atoms with E-state index in [0.717, 1.165) is 25.9 Å². The number of nitrogens with zero attached hydrogens (tertiary/aromatic N) is 1. The Balaban J connectivity index is 2.40. The second-order valence-corrected chi connectivity index (χ2v) is 4.24. The molecule has 1 aliphatic rings. The molecule has 1 rings (SSSR count). The first-order chi connectivity index (χ1) is 7.54. The lowest BCUT2D eigenvalue weighted by Crippen LogP contribution is -2.51. The summed E-state index contributed by atoms with van der Waals surface area (Å²) in [5.41, 5.74) is 10.5. The van der Waals surface area contributed by atoms with Crippen LogP contribution in [-0.2, 0) is 4.79 Å². The second-order valence-electron chi connectivity index (χ2n) is 4.24. The molecule has 6 nitrogen and oxygen atoms in total. The maximum atomic E-state index is 11.5. The predicted octanol–water partition coefficient (Wildman–Crippen LogP) is -0.759. The highest BCUT2D eigenvalue weighted by molar-refractivity contribution is 5.96. The van der Waals surface area contributed by atoms with Crippen molar-refractivity contribution in [2.75, 3.05) is 19.6 Å². The molecule has 3 amide bonds. The normalized spacial score (nSPS) is 20.4. The third kappa shape index (κ3) is 3.46. The molecule has 0 aromatic carbocycles. The van der Waals surface area contributed by atoms with Gasteiger partial charge in [-0.15, -0.1) is 0 Å². The van der Waals surface area contributed by atoms with E-state index >= 15 is 0 Å². The average molecular weight is 228 g/mol. The first-order valence-corrected chi connectivity index (χ1v) is 5.59. The van der Waals surface area contributed by atoms with Gasteiger partial charge in [0.1, 0.15) is 0 Å². The summed E-state index contributed by atoms with van der Waals surface area (Å²) in [4.78, 5) is 24.1. The van der Waals surface area contributed by atoms with E-state index in [1.807, 2.05) is 4.90 Å². The summed E-state index contributed by atoms with van der Waals surface area (Å²) in [7, 11) is 0. The Morgan fingerprint density at radius 1 is 1.44 bits per heavy atom. The quantitative estimate of drug-likeness (QED) is 0.591. The highest BCUT2D eigenvalue weighted by atomic mass is 16.2. The lowest BCUT2D eigenvalue weighted by atomic mass is 9.96. The van der Waals surface area contributed by atoms with Crippen LogP contribution < -0.4 is 16.8 Å². The molecule has 0 radical (unpaired) electrons. The molecule has 0 aliphatic carbocycles. The number of hydrogen-bond donors (Lipinski definition) is 3. The summed E-state index contributed by atoms with van der Waals surface area (Å²) in [5, 5.41) is 2.10. The number of amides is 3. The molecule has 16 heavy (non-hydrogen) atoms. The van der Waals surface area contributed by atoms with Crippen LogP contribution in [0.1, 0.15) is 19.8 Å². The van der Waals surface area contributed by atoms with Gasteiger partial charge in [0.05, 0.1) is 6.04 Å². The zero-order chi connectivity index (χ0) is 12.1. The van der Waals surface area contributed by atoms with E-state index in [4.69, 9.17) is 11.5 Å². The zero-order valence-electron chi connectivity index (χ0n) is 9.61. The summed E-state index contributed by atoms with van der Waals surface area (Å²) in [5.74, 6) is 0.223. The number of primary amides is 1. The smallest absolute Gasteiger partial charge is 0.318 e. The number of carbonyl (C=O) groups excluding carboxylic acids is 2. The molecular formula is C10H20N4O2. The standard InChI is InChI=1S/C10H20N4O2/c1-7(9(15)13-10(12)16)14-4-2-8(6-11)3-5-14/h7-8H,2-6,11H2,1H3,(H3,12,13,15,16). The van der Waals surface area contributed by atoms with Gasteiger partial charge in [-0.3, -0.25) is 15.0 Å². The fourth-order valence-electron chi connectivity index (χ4n) is 1.97. The van der Waals surface area contributed by atoms with Gasteiger partial charge in [-0.25, -0.2) is 4.79 Å². The van der Waals surface area contributed by atoms with Crippen LogP contribution in [0.2, 0.25) is 0 Å². The molecular weight excluding hydrogens is 208 g/mol. The third-order valence-electron chi connectivity index (χ3n) is 3.16. The topological polar surface area (TPSA) is 101 Å². The van der Waals surface area contributed by atoms with Gasteiger partial charge < -0.3 is 11.5 Å². The Labute approximate surface area is 95.3 Å². The lowest BCUT2D eigenvalue weighted by Gasteiger charge is -2.34. The highest BCUT2D eigenvalue weighted by Gasteiger charge is 2.26. The van der Waals surface area contributed by atoms with Crippen LogP contribution in [-0.4, -0.2) is 42.5 Å². The molecule has 0 saturated carbocycles. The van der Waals surface area contributed by atoms with Crippen LogP contribution in [0.5, 0.6) is 0 Å². The van der Waals surface area contributed by atoms with Crippen molar-refractivity contribution in [3.05, 3.63) is 0 Å². The van der Waals surface area contributed by atoms with Gasteiger partial charge in [0.2, 0.25) is 5.91 Å². The first-order valence-electron chi connectivity index (χ1n) is 5.59. The van der Waals surface area contributed by atoms with E-state index in [1.54, 1.807) is 6.92 Å². The molecule has 0 spiro atoms. The minimum atomic E-state index is -0.798. The molecule has 1 heterocycles. The highest BCUT2D eigenvalue weighted by Crippen LogP contribution is 2.17. The van der Waals surface area contributed by atoms with Gasteiger partial charge in [-0.2, -0.15) is 0 Å². The van der Waals surface area contributed by atoms with Crippen LogP contribution in [0.15, 0.2) is 0 Å². The van der Waals surface area contributed by atoms with Crippen molar-refractivity contribution in [1.29, 1.82) is 0 Å². The third-order valence-corrected chi connectivity index (χ3v) is 3.16. The van der Waals surface area contributed by atoms with Gasteiger partial charge in [0.25, 0.3) is 0 Å². The summed E-state index contributed by atoms with van der Waals surface area (Å²) < 4.78 is 0. The van der Waals surface area contributed by atoms with Gasteiger partial charge in [0, 0.05) is 0 Å². The minimum absolute atomic E-state index is 0.314. The van der Waals surface area contributed by atoms with Gasteiger partial charge in [-0.05, 0) is 45.3 Å². The van der Waals surface area contributed by atoms with Crippen molar-refractivity contribution in [2.45, 2.75) is 25.8 Å². The molecule has 6 heteroatoms. The average Bonchev–Trinajstić information content (AvgIpc) is 2.27. The lowest BCUT2D eigenvalue weighted by molar-refractivity contribution is -0.125. The molecule has 0 aromatic rings. The summed E-state index contributed by atoms with van der Waals surface area (Å²) in [6.45, 7) is 4.17. The summed E-state index contributed by atoms with van der Waals surface area (Å²) >= 11 is 0. The first kappa shape index (κ1) is 12.9. The van der Waals surface area contributed by atoms with Crippen molar-refractivity contribution in [2.24, 2.45) is 17.4 Å². The molecule has 1 aliphatic heterocycles. The number of likely N-dealkylation sites (tertiary alicyclic amines) is 1. The number of nitrogens with two attached hydrogens (primary N) is 2. The fourth-order valence-corrected chi connectivity index (χ4v) is 1.97. The van der Waals surface area contributed by atoms with E-state index in [0.29, 0.717) is 12.5 Å². The Morgan fingerprint density at radius 2 is 2.00 bits per heavy atom. The monoisotopic (exact) mass is 228 g/mol. The molecule has 0 aromatic heterocycles. The molecule has 0 bridgehead atoms. The maximum absolute atomic E-state index is 11.5. The fraction of sp³-hybridized carbons (Fsp3) is 0.800. The zero-order valence-corrected chi connectivity index (χ0v) is 9.61. The number of piperidine rings is 1. The van der Waals surface area contributed by atoms with Crippen LogP contribution in [0.3, 0.4) is 0 Å². The van der Waals surface area contributed by atoms with Crippen molar-refractivity contribution in [1.82, 2.24) is 10.2 Å².